The zero-order chi connectivity index (χ0) is 28.3. The molecule has 202 valence electrons. The highest BCUT2D eigenvalue weighted by Gasteiger charge is 2.26. The van der Waals surface area contributed by atoms with Gasteiger partial charge < -0.3 is 0 Å². The van der Waals surface area contributed by atoms with E-state index >= 15 is 0 Å². The van der Waals surface area contributed by atoms with Gasteiger partial charge in [-0.2, -0.15) is 0 Å². The molecule has 0 saturated heterocycles. The van der Waals surface area contributed by atoms with Crippen LogP contribution >= 0.6 is 22.9 Å². The molecule has 0 radical (unpaired) electrons. The van der Waals surface area contributed by atoms with E-state index in [2.05, 4.69) is 15.5 Å². The van der Waals surface area contributed by atoms with E-state index in [4.69, 9.17) is 11.6 Å². The Hall–Kier alpha value is -4.05. The molecule has 0 bridgehead atoms. The molecule has 7 nitrogen and oxygen atoms in total. The lowest BCUT2D eigenvalue weighted by Crippen LogP contribution is -2.31. The second-order valence-corrected chi connectivity index (χ2v) is 12.5. The maximum Gasteiger partial charge on any atom is 0.264 e. The van der Waals surface area contributed by atoms with E-state index in [9.17, 15) is 13.2 Å². The third kappa shape index (κ3) is 6.07. The number of nitrogens with zero attached hydrogens (tertiary/aromatic N) is 3. The van der Waals surface area contributed by atoms with Crippen molar-refractivity contribution in [3.05, 3.63) is 124 Å². The number of carbonyl (C=O) groups is 1. The SMILES string of the molecule is Cc1ccc(-c2nnc(NC(=O)c3ccc(CN(c4cc(Cl)ccc4C)S(=O)(=O)c4ccccc4)cc3)s2)cc1. The standard InChI is InChI=1S/C30H25ClN4O3S2/c1-20-8-13-24(14-9-20)29-33-34-30(39-29)32-28(36)23-15-11-22(12-16-23)19-35(27-18-25(31)17-10-21(27)2)40(37,38)26-6-4-3-5-7-26/h3-18H,19H2,1-2H3,(H,32,34,36). The molecule has 5 aromatic rings. The summed E-state index contributed by atoms with van der Waals surface area (Å²) in [5.74, 6) is -0.336. The Balaban J connectivity index is 1.36. The minimum absolute atomic E-state index is 0.0522. The van der Waals surface area contributed by atoms with Gasteiger partial charge in [0, 0.05) is 16.1 Å². The third-order valence-corrected chi connectivity index (χ3v) is 9.15. The van der Waals surface area contributed by atoms with E-state index in [0.717, 1.165) is 16.7 Å². The fourth-order valence-electron chi connectivity index (χ4n) is 4.05. The van der Waals surface area contributed by atoms with Gasteiger partial charge in [0.25, 0.3) is 15.9 Å². The van der Waals surface area contributed by atoms with Crippen LogP contribution in [-0.4, -0.2) is 24.5 Å². The Bertz CT molecular complexity index is 1760. The minimum Gasteiger partial charge on any atom is -0.296 e. The predicted octanol–water partition coefficient (Wildman–Crippen LogP) is 7.12. The summed E-state index contributed by atoms with van der Waals surface area (Å²) in [5.41, 5.74) is 4.44. The molecule has 0 unspecified atom stereocenters. The number of nitrogens with one attached hydrogen (secondary N) is 1. The van der Waals surface area contributed by atoms with Gasteiger partial charge >= 0.3 is 0 Å². The average molecular weight is 589 g/mol. The number of benzene rings is 4. The first kappa shape index (κ1) is 27.5. The number of sulfonamides is 1. The first-order valence-electron chi connectivity index (χ1n) is 12.4. The molecule has 10 heteroatoms. The Kier molecular flexibility index (Phi) is 7.97. The summed E-state index contributed by atoms with van der Waals surface area (Å²) in [6.07, 6.45) is 0. The first-order chi connectivity index (χ1) is 19.2. The van der Waals surface area contributed by atoms with Gasteiger partial charge in [-0.1, -0.05) is 89.2 Å². The molecule has 40 heavy (non-hydrogen) atoms. The van der Waals surface area contributed by atoms with E-state index in [0.29, 0.717) is 32.0 Å². The molecule has 0 spiro atoms. The number of halogens is 1. The van der Waals surface area contributed by atoms with Gasteiger partial charge in [0.1, 0.15) is 5.01 Å². The zero-order valence-corrected chi connectivity index (χ0v) is 24.1. The fraction of sp³-hybridized carbons (Fsp3) is 0.100. The minimum atomic E-state index is -3.90. The lowest BCUT2D eigenvalue weighted by atomic mass is 10.1. The lowest BCUT2D eigenvalue weighted by Gasteiger charge is -2.26. The molecule has 0 fully saturated rings. The molecule has 1 aromatic heterocycles. The van der Waals surface area contributed by atoms with Crippen molar-refractivity contribution in [1.82, 2.24) is 10.2 Å². The molecular weight excluding hydrogens is 564 g/mol. The largest absolute Gasteiger partial charge is 0.296 e. The van der Waals surface area contributed by atoms with Crippen LogP contribution in [0, 0.1) is 13.8 Å². The van der Waals surface area contributed by atoms with Crippen molar-refractivity contribution in [2.24, 2.45) is 0 Å². The van der Waals surface area contributed by atoms with Crippen molar-refractivity contribution < 1.29 is 13.2 Å². The van der Waals surface area contributed by atoms with Gasteiger partial charge in [-0.05, 0) is 61.4 Å². The Morgan fingerprint density at radius 1 is 0.900 bits per heavy atom. The van der Waals surface area contributed by atoms with Gasteiger partial charge in [-0.25, -0.2) is 8.42 Å². The van der Waals surface area contributed by atoms with Crippen LogP contribution in [0.2, 0.25) is 5.02 Å². The summed E-state index contributed by atoms with van der Waals surface area (Å²) in [4.78, 5) is 13.1. The second kappa shape index (κ2) is 11.6. The number of carbonyl (C=O) groups excluding carboxylic acids is 1. The van der Waals surface area contributed by atoms with E-state index < -0.39 is 10.0 Å². The summed E-state index contributed by atoms with van der Waals surface area (Å²) >= 11 is 7.54. The number of hydrogen-bond acceptors (Lipinski definition) is 6. The monoisotopic (exact) mass is 588 g/mol. The van der Waals surface area contributed by atoms with Gasteiger partial charge in [-0.3, -0.25) is 14.4 Å². The maximum absolute atomic E-state index is 13.7. The summed E-state index contributed by atoms with van der Waals surface area (Å²) in [7, 11) is -3.90. The van der Waals surface area contributed by atoms with Crippen molar-refractivity contribution >= 4 is 49.7 Å². The van der Waals surface area contributed by atoms with Crippen LogP contribution in [0.15, 0.2) is 102 Å². The van der Waals surface area contributed by atoms with Crippen molar-refractivity contribution in [3.63, 3.8) is 0 Å². The Labute approximate surface area is 242 Å². The number of aryl methyl sites for hydroxylation is 2. The van der Waals surface area contributed by atoms with Crippen molar-refractivity contribution in [3.8, 4) is 10.6 Å². The number of amides is 1. The molecule has 0 saturated carbocycles. The van der Waals surface area contributed by atoms with E-state index in [1.165, 1.54) is 15.6 Å². The smallest absolute Gasteiger partial charge is 0.264 e. The van der Waals surface area contributed by atoms with Crippen molar-refractivity contribution in [2.75, 3.05) is 9.62 Å². The second-order valence-electron chi connectivity index (χ2n) is 9.18. The fourth-order valence-corrected chi connectivity index (χ4v) is 6.49. The summed E-state index contributed by atoms with van der Waals surface area (Å²) in [5, 5.41) is 12.6. The van der Waals surface area contributed by atoms with Crippen LogP contribution < -0.4 is 9.62 Å². The van der Waals surface area contributed by atoms with Crippen LogP contribution in [0.3, 0.4) is 0 Å². The van der Waals surface area contributed by atoms with E-state index in [-0.39, 0.29) is 17.3 Å². The van der Waals surface area contributed by atoms with Crippen LogP contribution in [0.1, 0.15) is 27.0 Å². The number of hydrogen-bond donors (Lipinski definition) is 1. The van der Waals surface area contributed by atoms with Gasteiger partial charge in [0.2, 0.25) is 5.13 Å². The quantitative estimate of drug-likeness (QED) is 0.208. The lowest BCUT2D eigenvalue weighted by molar-refractivity contribution is 0.102. The normalized spacial score (nSPS) is 11.3. The average Bonchev–Trinajstić information content (AvgIpc) is 3.42. The molecule has 1 amide bonds. The highest BCUT2D eigenvalue weighted by molar-refractivity contribution is 7.92. The number of aromatic nitrogens is 2. The Morgan fingerprint density at radius 3 is 2.30 bits per heavy atom. The summed E-state index contributed by atoms with van der Waals surface area (Å²) in [6, 6.07) is 28.1. The molecule has 0 atom stereocenters. The van der Waals surface area contributed by atoms with E-state index in [1.807, 2.05) is 38.1 Å². The predicted molar refractivity (Wildman–Crippen MR) is 160 cm³/mol. The number of anilines is 2. The van der Waals surface area contributed by atoms with Crippen LogP contribution in [0.5, 0.6) is 0 Å². The first-order valence-corrected chi connectivity index (χ1v) is 15.0. The van der Waals surface area contributed by atoms with Gasteiger partial charge in [0.05, 0.1) is 17.1 Å². The summed E-state index contributed by atoms with van der Waals surface area (Å²) in [6.45, 7) is 3.90. The van der Waals surface area contributed by atoms with Crippen LogP contribution in [0.25, 0.3) is 10.6 Å². The molecule has 1 heterocycles. The highest BCUT2D eigenvalue weighted by atomic mass is 35.5. The van der Waals surface area contributed by atoms with Crippen LogP contribution in [0.4, 0.5) is 10.8 Å². The third-order valence-electron chi connectivity index (χ3n) is 6.26. The summed E-state index contributed by atoms with van der Waals surface area (Å²) < 4.78 is 28.8. The van der Waals surface area contributed by atoms with Crippen molar-refractivity contribution in [1.29, 1.82) is 0 Å². The maximum atomic E-state index is 13.7. The van der Waals surface area contributed by atoms with Gasteiger partial charge in [-0.15, -0.1) is 10.2 Å². The topological polar surface area (TPSA) is 92.3 Å². The highest BCUT2D eigenvalue weighted by Crippen LogP contribution is 2.31. The molecule has 0 aliphatic carbocycles. The molecule has 0 aliphatic rings. The van der Waals surface area contributed by atoms with Crippen LogP contribution in [-0.2, 0) is 16.6 Å². The molecular formula is C30H25ClN4O3S2. The molecule has 0 aliphatic heterocycles. The van der Waals surface area contributed by atoms with Gasteiger partial charge in [0.15, 0.2) is 0 Å². The zero-order valence-electron chi connectivity index (χ0n) is 21.7. The van der Waals surface area contributed by atoms with E-state index in [1.54, 1.807) is 72.8 Å². The Morgan fingerprint density at radius 2 is 1.60 bits per heavy atom. The number of rotatable bonds is 8. The molecule has 5 rings (SSSR count). The molecule has 4 aromatic carbocycles. The molecule has 1 N–H and O–H groups in total. The van der Waals surface area contributed by atoms with Crippen molar-refractivity contribution in [2.45, 2.75) is 25.3 Å².